The molecule has 2 rings (SSSR count). The van der Waals surface area contributed by atoms with Gasteiger partial charge in [-0.1, -0.05) is 12.5 Å². The van der Waals surface area contributed by atoms with E-state index in [2.05, 4.69) is 5.32 Å². The Hall–Kier alpha value is -1.38. The molecule has 1 aromatic rings. The summed E-state index contributed by atoms with van der Waals surface area (Å²) in [4.78, 5) is 11.7. The average molecular weight is 221 g/mol. The van der Waals surface area contributed by atoms with E-state index in [9.17, 15) is 9.18 Å². The van der Waals surface area contributed by atoms with Gasteiger partial charge in [0.1, 0.15) is 5.82 Å². The predicted molar refractivity (Wildman–Crippen MR) is 60.8 cm³/mol. The Morgan fingerprint density at radius 1 is 1.50 bits per heavy atom. The summed E-state index contributed by atoms with van der Waals surface area (Å²) >= 11 is 0. The van der Waals surface area contributed by atoms with E-state index in [0.717, 1.165) is 5.56 Å². The molecule has 86 valence electrons. The van der Waals surface area contributed by atoms with Gasteiger partial charge in [-0.05, 0) is 43.4 Å². The van der Waals surface area contributed by atoms with Crippen LogP contribution < -0.4 is 5.32 Å². The summed E-state index contributed by atoms with van der Waals surface area (Å²) in [7, 11) is 0. The number of halogens is 1. The van der Waals surface area contributed by atoms with Gasteiger partial charge in [-0.2, -0.15) is 0 Å². The summed E-state index contributed by atoms with van der Waals surface area (Å²) in [5.41, 5.74) is 0.970. The Balaban J connectivity index is 1.96. The second-order valence-corrected chi connectivity index (χ2v) is 4.49. The molecule has 0 spiro atoms. The monoisotopic (exact) mass is 221 g/mol. The van der Waals surface area contributed by atoms with Crippen molar-refractivity contribution in [3.63, 3.8) is 0 Å². The van der Waals surface area contributed by atoms with Crippen molar-refractivity contribution in [3.8, 4) is 0 Å². The Morgan fingerprint density at radius 2 is 2.25 bits per heavy atom. The van der Waals surface area contributed by atoms with Crippen LogP contribution in [-0.2, 0) is 0 Å². The second-order valence-electron chi connectivity index (χ2n) is 4.49. The molecule has 1 aromatic carbocycles. The van der Waals surface area contributed by atoms with Gasteiger partial charge in [0.2, 0.25) is 0 Å². The van der Waals surface area contributed by atoms with Crippen LogP contribution in [0, 0.1) is 18.7 Å². The minimum atomic E-state index is -0.439. The lowest BCUT2D eigenvalue weighted by Crippen LogP contribution is -2.32. The molecule has 0 saturated heterocycles. The first-order valence-electron chi connectivity index (χ1n) is 5.71. The summed E-state index contributed by atoms with van der Waals surface area (Å²) < 4.78 is 13.5. The highest BCUT2D eigenvalue weighted by Crippen LogP contribution is 2.25. The Bertz CT molecular complexity index is 399. The van der Waals surface area contributed by atoms with Crippen LogP contribution in [0.1, 0.15) is 35.2 Å². The van der Waals surface area contributed by atoms with E-state index in [0.29, 0.717) is 12.5 Å². The van der Waals surface area contributed by atoms with Crippen molar-refractivity contribution in [2.24, 2.45) is 5.92 Å². The van der Waals surface area contributed by atoms with Crippen molar-refractivity contribution in [1.29, 1.82) is 0 Å². The van der Waals surface area contributed by atoms with Crippen molar-refractivity contribution >= 4 is 5.91 Å². The first-order valence-corrected chi connectivity index (χ1v) is 5.71. The molecule has 3 heteroatoms. The van der Waals surface area contributed by atoms with E-state index in [4.69, 9.17) is 0 Å². The fraction of sp³-hybridized carbons (Fsp3) is 0.462. The smallest absolute Gasteiger partial charge is 0.254 e. The van der Waals surface area contributed by atoms with Crippen molar-refractivity contribution in [2.45, 2.75) is 26.2 Å². The van der Waals surface area contributed by atoms with E-state index < -0.39 is 5.82 Å². The lowest BCUT2D eigenvalue weighted by atomic mass is 9.85. The fourth-order valence-corrected chi connectivity index (χ4v) is 1.83. The maximum absolute atomic E-state index is 13.5. The predicted octanol–water partition coefficient (Wildman–Crippen LogP) is 2.66. The van der Waals surface area contributed by atoms with Crippen molar-refractivity contribution in [1.82, 2.24) is 5.32 Å². The van der Waals surface area contributed by atoms with Crippen LogP contribution in [0.15, 0.2) is 18.2 Å². The molecule has 1 aliphatic rings. The minimum Gasteiger partial charge on any atom is -0.352 e. The Labute approximate surface area is 94.9 Å². The first kappa shape index (κ1) is 11.1. The summed E-state index contributed by atoms with van der Waals surface area (Å²) in [6.45, 7) is 2.48. The van der Waals surface area contributed by atoms with Gasteiger partial charge in [-0.3, -0.25) is 4.79 Å². The van der Waals surface area contributed by atoms with Gasteiger partial charge < -0.3 is 5.32 Å². The number of amides is 1. The number of rotatable bonds is 3. The molecular formula is C13H16FNO. The van der Waals surface area contributed by atoms with Gasteiger partial charge in [0.15, 0.2) is 0 Å². The maximum atomic E-state index is 13.5. The summed E-state index contributed by atoms with van der Waals surface area (Å²) in [6.07, 6.45) is 3.60. The third kappa shape index (κ3) is 2.40. The zero-order valence-electron chi connectivity index (χ0n) is 9.42. The summed E-state index contributed by atoms with van der Waals surface area (Å²) in [5, 5.41) is 2.78. The topological polar surface area (TPSA) is 29.1 Å². The average Bonchev–Trinajstić information content (AvgIpc) is 2.14. The van der Waals surface area contributed by atoms with Crippen LogP contribution in [0.25, 0.3) is 0 Å². The van der Waals surface area contributed by atoms with Crippen LogP contribution >= 0.6 is 0 Å². The van der Waals surface area contributed by atoms with Gasteiger partial charge in [-0.25, -0.2) is 4.39 Å². The molecule has 16 heavy (non-hydrogen) atoms. The molecule has 0 aliphatic heterocycles. The number of nitrogens with one attached hydrogen (secondary N) is 1. The highest BCUT2D eigenvalue weighted by molar-refractivity contribution is 5.94. The SMILES string of the molecule is Cc1ccc(C(=O)NCC2CCC2)c(F)c1. The minimum absolute atomic E-state index is 0.143. The van der Waals surface area contributed by atoms with E-state index >= 15 is 0 Å². The van der Waals surface area contributed by atoms with E-state index in [1.807, 2.05) is 0 Å². The normalized spacial score (nSPS) is 15.6. The molecule has 0 heterocycles. The van der Waals surface area contributed by atoms with Gasteiger partial charge in [0.05, 0.1) is 5.56 Å². The van der Waals surface area contributed by atoms with Gasteiger partial charge >= 0.3 is 0 Å². The number of carbonyl (C=O) groups is 1. The number of benzene rings is 1. The highest BCUT2D eigenvalue weighted by Gasteiger charge is 2.19. The number of aryl methyl sites for hydroxylation is 1. The van der Waals surface area contributed by atoms with Crippen molar-refractivity contribution in [2.75, 3.05) is 6.54 Å². The van der Waals surface area contributed by atoms with E-state index in [1.54, 1.807) is 19.1 Å². The second kappa shape index (κ2) is 4.64. The number of carbonyl (C=O) groups excluding carboxylic acids is 1. The zero-order chi connectivity index (χ0) is 11.5. The molecule has 1 N–H and O–H groups in total. The molecule has 0 aromatic heterocycles. The van der Waals surface area contributed by atoms with Crippen LogP contribution in [0.4, 0.5) is 4.39 Å². The standard InChI is InChI=1S/C13H16FNO/c1-9-5-6-11(12(14)7-9)13(16)15-8-10-3-2-4-10/h5-7,10H,2-4,8H2,1H3,(H,15,16). The number of hydrogen-bond acceptors (Lipinski definition) is 1. The molecule has 0 radical (unpaired) electrons. The molecule has 2 nitrogen and oxygen atoms in total. The van der Waals surface area contributed by atoms with Crippen molar-refractivity contribution < 1.29 is 9.18 Å². The molecule has 0 bridgehead atoms. The van der Waals surface area contributed by atoms with Crippen molar-refractivity contribution in [3.05, 3.63) is 35.1 Å². The molecule has 1 saturated carbocycles. The fourth-order valence-electron chi connectivity index (χ4n) is 1.83. The van der Waals surface area contributed by atoms with E-state index in [1.165, 1.54) is 25.3 Å². The number of hydrogen-bond donors (Lipinski definition) is 1. The Kier molecular flexibility index (Phi) is 3.22. The quantitative estimate of drug-likeness (QED) is 0.835. The molecule has 0 atom stereocenters. The first-order chi connectivity index (χ1) is 7.66. The van der Waals surface area contributed by atoms with Crippen LogP contribution in [0.2, 0.25) is 0 Å². The lowest BCUT2D eigenvalue weighted by Gasteiger charge is -2.25. The largest absolute Gasteiger partial charge is 0.352 e. The van der Waals surface area contributed by atoms with Crippen LogP contribution in [-0.4, -0.2) is 12.5 Å². The summed E-state index contributed by atoms with van der Waals surface area (Å²) in [5.74, 6) is -0.145. The van der Waals surface area contributed by atoms with E-state index in [-0.39, 0.29) is 11.5 Å². The molecule has 1 fully saturated rings. The van der Waals surface area contributed by atoms with Gasteiger partial charge in [0, 0.05) is 6.54 Å². The third-order valence-electron chi connectivity index (χ3n) is 3.15. The molecule has 1 aliphatic carbocycles. The third-order valence-corrected chi connectivity index (χ3v) is 3.15. The van der Waals surface area contributed by atoms with Crippen LogP contribution in [0.3, 0.4) is 0 Å². The molecule has 0 unspecified atom stereocenters. The zero-order valence-corrected chi connectivity index (χ0v) is 9.42. The van der Waals surface area contributed by atoms with Gasteiger partial charge in [-0.15, -0.1) is 0 Å². The molecular weight excluding hydrogens is 205 g/mol. The summed E-state index contributed by atoms with van der Waals surface area (Å²) in [6, 6.07) is 4.68. The Morgan fingerprint density at radius 3 is 2.81 bits per heavy atom. The molecule has 1 amide bonds. The van der Waals surface area contributed by atoms with Crippen LogP contribution in [0.5, 0.6) is 0 Å². The highest BCUT2D eigenvalue weighted by atomic mass is 19.1. The van der Waals surface area contributed by atoms with Gasteiger partial charge in [0.25, 0.3) is 5.91 Å². The lowest BCUT2D eigenvalue weighted by molar-refractivity contribution is 0.0935. The maximum Gasteiger partial charge on any atom is 0.254 e.